The van der Waals surface area contributed by atoms with Crippen LogP contribution in [0, 0.1) is 5.92 Å². The molecule has 112 valence electrons. The van der Waals surface area contributed by atoms with Crippen molar-refractivity contribution < 1.29 is 0 Å². The first-order chi connectivity index (χ1) is 10.3. The predicted molar refractivity (Wildman–Crippen MR) is 87.6 cm³/mol. The smallest absolute Gasteiger partial charge is 0.0459 e. The van der Waals surface area contributed by atoms with E-state index in [2.05, 4.69) is 41.2 Å². The van der Waals surface area contributed by atoms with E-state index in [0.29, 0.717) is 17.9 Å². The summed E-state index contributed by atoms with van der Waals surface area (Å²) >= 11 is 0. The van der Waals surface area contributed by atoms with Crippen LogP contribution in [0.5, 0.6) is 0 Å². The van der Waals surface area contributed by atoms with Crippen LogP contribution in [0.25, 0.3) is 10.9 Å². The zero-order valence-electron chi connectivity index (χ0n) is 12.8. The summed E-state index contributed by atoms with van der Waals surface area (Å²) in [5.41, 5.74) is 10.4. The minimum absolute atomic E-state index is 0.647. The zero-order chi connectivity index (χ0) is 14.4. The number of H-pyrrole nitrogens is 1. The number of nitrogens with zero attached hydrogens (tertiary/aromatic N) is 1. The summed E-state index contributed by atoms with van der Waals surface area (Å²) in [6.45, 7) is 5.49. The minimum Gasteiger partial charge on any atom is -0.361 e. The molecule has 1 saturated heterocycles. The van der Waals surface area contributed by atoms with Crippen molar-refractivity contribution in [3.8, 4) is 0 Å². The van der Waals surface area contributed by atoms with Gasteiger partial charge in [-0.15, -0.1) is 0 Å². The van der Waals surface area contributed by atoms with Crippen molar-refractivity contribution in [1.29, 1.82) is 0 Å². The molecule has 1 unspecified atom stereocenters. The van der Waals surface area contributed by atoms with E-state index >= 15 is 0 Å². The van der Waals surface area contributed by atoms with Crippen molar-refractivity contribution in [2.75, 3.05) is 19.6 Å². The Morgan fingerprint density at radius 1 is 1.38 bits per heavy atom. The van der Waals surface area contributed by atoms with Crippen molar-refractivity contribution in [2.24, 2.45) is 11.7 Å². The molecule has 4 rings (SSSR count). The molecule has 2 aliphatic rings. The molecule has 1 aromatic heterocycles. The van der Waals surface area contributed by atoms with Gasteiger partial charge in [0.2, 0.25) is 0 Å². The van der Waals surface area contributed by atoms with E-state index in [-0.39, 0.29) is 0 Å². The van der Waals surface area contributed by atoms with Crippen LogP contribution >= 0.6 is 0 Å². The first-order valence-corrected chi connectivity index (χ1v) is 8.34. The highest BCUT2D eigenvalue weighted by atomic mass is 15.2. The third kappa shape index (κ3) is 2.02. The van der Waals surface area contributed by atoms with Gasteiger partial charge in [0.25, 0.3) is 0 Å². The number of hydrogen-bond acceptors (Lipinski definition) is 2. The summed E-state index contributed by atoms with van der Waals surface area (Å²) in [6, 6.07) is 7.42. The minimum atomic E-state index is 0.647. The van der Waals surface area contributed by atoms with E-state index in [0.717, 1.165) is 6.54 Å². The molecule has 1 fully saturated rings. The monoisotopic (exact) mass is 283 g/mol. The van der Waals surface area contributed by atoms with E-state index in [1.807, 2.05) is 0 Å². The lowest BCUT2D eigenvalue weighted by Crippen LogP contribution is -2.51. The Bertz CT molecular complexity index is 645. The van der Waals surface area contributed by atoms with Gasteiger partial charge in [-0.1, -0.05) is 19.1 Å². The number of hydrogen-bond donors (Lipinski definition) is 2. The number of nitrogens with one attached hydrogen (secondary N) is 1. The number of benzene rings is 1. The van der Waals surface area contributed by atoms with Gasteiger partial charge in [-0.25, -0.2) is 0 Å². The van der Waals surface area contributed by atoms with Crippen LogP contribution in [-0.4, -0.2) is 35.6 Å². The van der Waals surface area contributed by atoms with Crippen LogP contribution < -0.4 is 5.73 Å². The molecule has 1 aromatic carbocycles. The van der Waals surface area contributed by atoms with Crippen molar-refractivity contribution in [2.45, 2.75) is 38.1 Å². The molecule has 0 amide bonds. The van der Waals surface area contributed by atoms with E-state index < -0.39 is 0 Å². The van der Waals surface area contributed by atoms with Gasteiger partial charge in [0.05, 0.1) is 0 Å². The highest BCUT2D eigenvalue weighted by Gasteiger charge is 2.39. The third-order valence-corrected chi connectivity index (χ3v) is 5.51. The average molecular weight is 283 g/mol. The zero-order valence-corrected chi connectivity index (χ0v) is 12.8. The molecule has 2 heterocycles. The van der Waals surface area contributed by atoms with Crippen LogP contribution in [0.15, 0.2) is 24.4 Å². The Hall–Kier alpha value is -1.32. The maximum absolute atomic E-state index is 6.02. The highest BCUT2D eigenvalue weighted by Crippen LogP contribution is 2.44. The largest absolute Gasteiger partial charge is 0.361 e. The molecular formula is C18H25N3. The van der Waals surface area contributed by atoms with Crippen molar-refractivity contribution >= 4 is 10.9 Å². The van der Waals surface area contributed by atoms with Gasteiger partial charge in [0, 0.05) is 35.6 Å². The molecular weight excluding hydrogens is 258 g/mol. The number of nitrogens with two attached hydrogens (primary N) is 1. The summed E-state index contributed by atoms with van der Waals surface area (Å²) in [7, 11) is 0. The summed E-state index contributed by atoms with van der Waals surface area (Å²) < 4.78 is 0. The first kappa shape index (κ1) is 13.4. The molecule has 0 radical (unpaired) electrons. The molecule has 0 bridgehead atoms. The number of aromatic nitrogens is 1. The van der Waals surface area contributed by atoms with Gasteiger partial charge in [-0.3, -0.25) is 4.90 Å². The quantitative estimate of drug-likeness (QED) is 0.910. The standard InChI is InChI=1S/C18H25N3/c1-2-6-21-11-12(9-19)7-15-14-4-3-5-16-18(14)13(10-20-16)8-17(15)21/h3-5,10,12,15,17,20H,2,6-9,11,19H2,1H3/t12-,15?,17+/m0/s1. The number of aromatic amines is 1. The van der Waals surface area contributed by atoms with Gasteiger partial charge in [0.1, 0.15) is 0 Å². The molecule has 0 spiro atoms. The topological polar surface area (TPSA) is 45.0 Å². The Morgan fingerprint density at radius 2 is 2.29 bits per heavy atom. The summed E-state index contributed by atoms with van der Waals surface area (Å²) in [5.74, 6) is 1.30. The summed E-state index contributed by atoms with van der Waals surface area (Å²) in [4.78, 5) is 6.17. The Kier molecular flexibility index (Phi) is 3.27. The number of rotatable bonds is 3. The van der Waals surface area contributed by atoms with E-state index in [1.165, 1.54) is 48.8 Å². The molecule has 1 aliphatic carbocycles. The van der Waals surface area contributed by atoms with Gasteiger partial charge in [-0.2, -0.15) is 0 Å². The predicted octanol–water partition coefficient (Wildman–Crippen LogP) is 2.87. The molecule has 21 heavy (non-hydrogen) atoms. The number of likely N-dealkylation sites (tertiary alicyclic amines) is 1. The molecule has 3 heteroatoms. The SMILES string of the molecule is CCCN1C[C@H](CN)CC2c3cccc4[nH]cc(c34)C[C@H]21. The molecule has 3 N–H and O–H groups in total. The maximum atomic E-state index is 6.02. The Balaban J connectivity index is 1.79. The van der Waals surface area contributed by atoms with Gasteiger partial charge < -0.3 is 10.7 Å². The second-order valence-electron chi connectivity index (χ2n) is 6.79. The Labute approximate surface area is 126 Å². The lowest BCUT2D eigenvalue weighted by atomic mass is 9.72. The van der Waals surface area contributed by atoms with Crippen molar-refractivity contribution in [3.05, 3.63) is 35.5 Å². The highest BCUT2D eigenvalue weighted by molar-refractivity contribution is 5.88. The maximum Gasteiger partial charge on any atom is 0.0459 e. The van der Waals surface area contributed by atoms with Gasteiger partial charge in [0.15, 0.2) is 0 Å². The molecule has 1 aliphatic heterocycles. The lowest BCUT2D eigenvalue weighted by Gasteiger charge is -2.47. The molecule has 3 nitrogen and oxygen atoms in total. The van der Waals surface area contributed by atoms with Crippen LogP contribution in [0.3, 0.4) is 0 Å². The Morgan fingerprint density at radius 3 is 3.10 bits per heavy atom. The second-order valence-corrected chi connectivity index (χ2v) is 6.79. The fraction of sp³-hybridized carbons (Fsp3) is 0.556. The molecule has 3 atom stereocenters. The van der Waals surface area contributed by atoms with Crippen molar-refractivity contribution in [1.82, 2.24) is 9.88 Å². The molecule has 2 aromatic rings. The van der Waals surface area contributed by atoms with E-state index in [4.69, 9.17) is 5.73 Å². The number of piperidine rings is 1. The molecule has 0 saturated carbocycles. The van der Waals surface area contributed by atoms with Crippen LogP contribution in [0.2, 0.25) is 0 Å². The number of fused-ring (bicyclic) bond motifs is 2. The average Bonchev–Trinajstić information content (AvgIpc) is 2.93. The first-order valence-electron chi connectivity index (χ1n) is 8.34. The van der Waals surface area contributed by atoms with Gasteiger partial charge in [-0.05, 0) is 55.5 Å². The lowest BCUT2D eigenvalue weighted by molar-refractivity contribution is 0.0875. The fourth-order valence-electron chi connectivity index (χ4n) is 4.61. The van der Waals surface area contributed by atoms with Crippen LogP contribution in [0.1, 0.15) is 36.8 Å². The van der Waals surface area contributed by atoms with Gasteiger partial charge >= 0.3 is 0 Å². The van der Waals surface area contributed by atoms with Crippen LogP contribution in [-0.2, 0) is 6.42 Å². The van der Waals surface area contributed by atoms with Crippen molar-refractivity contribution in [3.63, 3.8) is 0 Å². The fourth-order valence-corrected chi connectivity index (χ4v) is 4.61. The normalized spacial score (nSPS) is 28.8. The van der Waals surface area contributed by atoms with E-state index in [1.54, 1.807) is 5.56 Å². The summed E-state index contributed by atoms with van der Waals surface area (Å²) in [6.07, 6.45) is 5.90. The third-order valence-electron chi connectivity index (χ3n) is 5.51. The van der Waals surface area contributed by atoms with Crippen LogP contribution in [0.4, 0.5) is 0 Å². The summed E-state index contributed by atoms with van der Waals surface area (Å²) in [5, 5.41) is 1.49. The van der Waals surface area contributed by atoms with E-state index in [9.17, 15) is 0 Å². The second kappa shape index (κ2) is 5.15.